The molecule has 0 aliphatic carbocycles. The molecule has 3 aromatic carbocycles. The molecule has 8 heteroatoms. The van der Waals surface area contributed by atoms with Crippen LogP contribution in [0.5, 0.6) is 17.2 Å². The number of furan rings is 1. The Morgan fingerprint density at radius 2 is 1.82 bits per heavy atom. The van der Waals surface area contributed by atoms with Gasteiger partial charge in [-0.3, -0.25) is 4.79 Å². The first-order valence-corrected chi connectivity index (χ1v) is 10.4. The number of carbonyl (C=O) groups excluding carboxylic acids is 1. The molecule has 0 bridgehead atoms. The first kappa shape index (κ1) is 22.2. The summed E-state index contributed by atoms with van der Waals surface area (Å²) in [6, 6.07) is 19.9. The zero-order valence-corrected chi connectivity index (χ0v) is 18.8. The van der Waals surface area contributed by atoms with Crippen LogP contribution in [0.15, 0.2) is 76.2 Å². The summed E-state index contributed by atoms with van der Waals surface area (Å²) in [6.07, 6.45) is 1.50. The van der Waals surface area contributed by atoms with Crippen LogP contribution in [-0.2, 0) is 6.61 Å². The minimum atomic E-state index is -0.476. The van der Waals surface area contributed by atoms with E-state index < -0.39 is 5.91 Å². The number of fused-ring (bicyclic) bond motifs is 1. The molecule has 0 saturated heterocycles. The number of methoxy groups -OCH3 is 2. The summed E-state index contributed by atoms with van der Waals surface area (Å²) in [5.74, 6) is 1.30. The minimum Gasteiger partial charge on any atom is -0.493 e. The molecule has 0 aliphatic rings. The third kappa shape index (κ3) is 5.10. The van der Waals surface area contributed by atoms with Crippen LogP contribution < -0.4 is 19.6 Å². The smallest absolute Gasteiger partial charge is 0.307 e. The Bertz CT molecular complexity index is 1320. The molecule has 0 unspecified atom stereocenters. The lowest BCUT2D eigenvalue weighted by atomic mass is 10.2. The summed E-state index contributed by atoms with van der Waals surface area (Å²) in [5.41, 5.74) is 4.55. The van der Waals surface area contributed by atoms with Gasteiger partial charge in [0, 0.05) is 16.0 Å². The molecule has 0 fully saturated rings. The molecule has 4 rings (SSSR count). The molecule has 1 amide bonds. The monoisotopic (exact) mass is 464 g/mol. The van der Waals surface area contributed by atoms with Crippen molar-refractivity contribution in [1.82, 2.24) is 5.43 Å². The van der Waals surface area contributed by atoms with E-state index in [1.165, 1.54) is 6.21 Å². The molecule has 168 valence electrons. The largest absolute Gasteiger partial charge is 0.493 e. The minimum absolute atomic E-state index is 0.132. The maximum Gasteiger partial charge on any atom is 0.307 e. The predicted octanol–water partition coefficient (Wildman–Crippen LogP) is 5.45. The fourth-order valence-electron chi connectivity index (χ4n) is 3.18. The number of nitrogens with one attached hydrogen (secondary N) is 1. The molecule has 33 heavy (non-hydrogen) atoms. The summed E-state index contributed by atoms with van der Waals surface area (Å²) < 4.78 is 22.2. The maximum absolute atomic E-state index is 12.4. The van der Waals surface area contributed by atoms with Crippen LogP contribution in [0.3, 0.4) is 0 Å². The molecule has 4 aromatic rings. The second-order valence-corrected chi connectivity index (χ2v) is 7.39. The number of para-hydroxylation sites is 1. The van der Waals surface area contributed by atoms with Crippen molar-refractivity contribution in [2.45, 2.75) is 6.61 Å². The molecular weight excluding hydrogens is 444 g/mol. The Kier molecular flexibility index (Phi) is 6.80. The summed E-state index contributed by atoms with van der Waals surface area (Å²) >= 11 is 6.18. The molecule has 0 atom stereocenters. The Balaban J connectivity index is 1.41. The van der Waals surface area contributed by atoms with Gasteiger partial charge in [0.05, 0.1) is 20.4 Å². The number of ether oxygens (including phenoxy) is 3. The van der Waals surface area contributed by atoms with Crippen LogP contribution in [-0.4, -0.2) is 26.3 Å². The number of nitrogens with zero attached hydrogens (tertiary/aromatic N) is 1. The third-order valence-electron chi connectivity index (χ3n) is 4.86. The normalized spacial score (nSPS) is 11.0. The van der Waals surface area contributed by atoms with Crippen LogP contribution in [0.1, 0.15) is 21.7 Å². The van der Waals surface area contributed by atoms with Crippen molar-refractivity contribution in [1.29, 1.82) is 0 Å². The van der Waals surface area contributed by atoms with E-state index in [0.717, 1.165) is 10.9 Å². The number of carbonyl (C=O) groups is 1. The van der Waals surface area contributed by atoms with Gasteiger partial charge in [0.25, 0.3) is 0 Å². The van der Waals surface area contributed by atoms with Crippen LogP contribution >= 0.6 is 11.6 Å². The molecule has 0 radical (unpaired) electrons. The lowest BCUT2D eigenvalue weighted by Gasteiger charge is -2.12. The summed E-state index contributed by atoms with van der Waals surface area (Å²) in [6.45, 7) is 0.307. The highest BCUT2D eigenvalue weighted by Gasteiger charge is 2.14. The van der Waals surface area contributed by atoms with Crippen molar-refractivity contribution < 1.29 is 23.4 Å². The second kappa shape index (κ2) is 10.1. The van der Waals surface area contributed by atoms with Crippen LogP contribution in [0.4, 0.5) is 0 Å². The van der Waals surface area contributed by atoms with Gasteiger partial charge in [0.2, 0.25) is 0 Å². The van der Waals surface area contributed by atoms with Crippen molar-refractivity contribution in [3.8, 4) is 17.2 Å². The number of halogens is 1. The van der Waals surface area contributed by atoms with Gasteiger partial charge in [-0.1, -0.05) is 41.9 Å². The predicted molar refractivity (Wildman–Crippen MR) is 127 cm³/mol. The Hall–Kier alpha value is -3.97. The molecule has 0 spiro atoms. The number of hydrogen-bond acceptors (Lipinski definition) is 6. The lowest BCUT2D eigenvalue weighted by Crippen LogP contribution is -2.16. The van der Waals surface area contributed by atoms with Gasteiger partial charge in [-0.05, 0) is 42.0 Å². The summed E-state index contributed by atoms with van der Waals surface area (Å²) in [4.78, 5) is 12.4. The molecule has 7 nitrogen and oxygen atoms in total. The SMILES string of the molecule is COc1cc(/C=N\NC(=O)c2cc3cccc(OC)c3o2)ccc1OCc1ccccc1Cl. The van der Waals surface area contributed by atoms with Crippen molar-refractivity contribution in [2.24, 2.45) is 5.10 Å². The highest BCUT2D eigenvalue weighted by molar-refractivity contribution is 6.31. The fourth-order valence-corrected chi connectivity index (χ4v) is 3.37. The van der Waals surface area contributed by atoms with E-state index in [4.69, 9.17) is 30.2 Å². The van der Waals surface area contributed by atoms with Gasteiger partial charge < -0.3 is 18.6 Å². The van der Waals surface area contributed by atoms with Gasteiger partial charge in [0.15, 0.2) is 28.6 Å². The summed E-state index contributed by atoms with van der Waals surface area (Å²) in [5, 5.41) is 5.41. The second-order valence-electron chi connectivity index (χ2n) is 6.98. The van der Waals surface area contributed by atoms with Gasteiger partial charge in [-0.15, -0.1) is 0 Å². The van der Waals surface area contributed by atoms with E-state index in [1.807, 2.05) is 36.4 Å². The van der Waals surface area contributed by atoms with Gasteiger partial charge in [0.1, 0.15) is 6.61 Å². The van der Waals surface area contributed by atoms with Crippen LogP contribution in [0.2, 0.25) is 5.02 Å². The molecule has 1 N–H and O–H groups in total. The average Bonchev–Trinajstić information content (AvgIpc) is 3.28. The Labute approximate surface area is 195 Å². The zero-order valence-electron chi connectivity index (χ0n) is 18.0. The molecular formula is C25H21ClN2O5. The number of amides is 1. The standard InChI is InChI=1S/C25H21ClN2O5/c1-30-21-9-5-7-17-13-23(33-24(17)21)25(29)28-27-14-16-10-11-20(22(12-16)31-2)32-15-18-6-3-4-8-19(18)26/h3-14H,15H2,1-2H3,(H,28,29)/b27-14-. The molecule has 1 heterocycles. The van der Waals surface area contributed by atoms with Crippen molar-refractivity contribution in [2.75, 3.05) is 14.2 Å². The van der Waals surface area contributed by atoms with Gasteiger partial charge in [-0.25, -0.2) is 5.43 Å². The maximum atomic E-state index is 12.4. The fraction of sp³-hybridized carbons (Fsp3) is 0.120. The number of benzene rings is 3. The first-order chi connectivity index (χ1) is 16.1. The van der Waals surface area contributed by atoms with Crippen molar-refractivity contribution >= 4 is 34.7 Å². The van der Waals surface area contributed by atoms with E-state index in [1.54, 1.807) is 44.6 Å². The lowest BCUT2D eigenvalue weighted by molar-refractivity contribution is 0.0929. The van der Waals surface area contributed by atoms with Gasteiger partial charge >= 0.3 is 5.91 Å². The van der Waals surface area contributed by atoms with E-state index in [2.05, 4.69) is 10.5 Å². The topological polar surface area (TPSA) is 82.3 Å². The van der Waals surface area contributed by atoms with E-state index >= 15 is 0 Å². The highest BCUT2D eigenvalue weighted by Crippen LogP contribution is 2.30. The van der Waals surface area contributed by atoms with Crippen molar-refractivity contribution in [3.05, 3.63) is 88.6 Å². The molecule has 0 aliphatic heterocycles. The quantitative estimate of drug-likeness (QED) is 0.277. The Morgan fingerprint density at radius 3 is 2.61 bits per heavy atom. The Morgan fingerprint density at radius 1 is 1.00 bits per heavy atom. The molecule has 0 saturated carbocycles. The van der Waals surface area contributed by atoms with E-state index in [9.17, 15) is 4.79 Å². The number of hydrazone groups is 1. The zero-order chi connectivity index (χ0) is 23.2. The van der Waals surface area contributed by atoms with Gasteiger partial charge in [-0.2, -0.15) is 5.10 Å². The molecule has 1 aromatic heterocycles. The number of rotatable bonds is 8. The van der Waals surface area contributed by atoms with Crippen LogP contribution in [0.25, 0.3) is 11.0 Å². The average molecular weight is 465 g/mol. The van der Waals surface area contributed by atoms with E-state index in [-0.39, 0.29) is 5.76 Å². The summed E-state index contributed by atoms with van der Waals surface area (Å²) in [7, 11) is 3.10. The first-order valence-electron chi connectivity index (χ1n) is 10.0. The van der Waals surface area contributed by atoms with Crippen LogP contribution in [0, 0.1) is 0 Å². The number of hydrogen-bond donors (Lipinski definition) is 1. The third-order valence-corrected chi connectivity index (χ3v) is 5.23. The van der Waals surface area contributed by atoms with Crippen molar-refractivity contribution in [3.63, 3.8) is 0 Å². The van der Waals surface area contributed by atoms with E-state index in [0.29, 0.717) is 40.0 Å². The highest BCUT2D eigenvalue weighted by atomic mass is 35.5.